The van der Waals surface area contributed by atoms with Crippen molar-refractivity contribution in [3.8, 4) is 0 Å². The van der Waals surface area contributed by atoms with E-state index < -0.39 is 5.91 Å². The van der Waals surface area contributed by atoms with Crippen molar-refractivity contribution in [2.75, 3.05) is 16.0 Å². The molecule has 0 atom stereocenters. The molecule has 1 heterocycles. The van der Waals surface area contributed by atoms with Crippen LogP contribution in [-0.4, -0.2) is 27.8 Å². The topological polar surface area (TPSA) is 122 Å². The van der Waals surface area contributed by atoms with Crippen LogP contribution in [0.1, 0.15) is 49.4 Å². The van der Waals surface area contributed by atoms with E-state index in [0.29, 0.717) is 29.9 Å². The van der Waals surface area contributed by atoms with Gasteiger partial charge in [-0.05, 0) is 31.0 Å². The van der Waals surface area contributed by atoms with Crippen molar-refractivity contribution in [3.63, 3.8) is 0 Å². The maximum atomic E-state index is 11.7. The minimum atomic E-state index is -0.564. The molecule has 0 saturated heterocycles. The normalized spacial score (nSPS) is 14.0. The van der Waals surface area contributed by atoms with Gasteiger partial charge in [-0.25, -0.2) is 4.98 Å². The zero-order valence-corrected chi connectivity index (χ0v) is 15.3. The van der Waals surface area contributed by atoms with Crippen molar-refractivity contribution in [1.82, 2.24) is 9.97 Å². The first-order valence-corrected chi connectivity index (χ1v) is 9.15. The SMILES string of the molecule is CCC(=O)Nc1cccc(Nc2ncc(C(N)=O)c(NC3CCCC3)n2)c1. The number of primary amides is 1. The molecule has 2 aromatic rings. The van der Waals surface area contributed by atoms with Crippen LogP contribution in [-0.2, 0) is 4.79 Å². The number of carbonyl (C=O) groups excluding carboxylic acids is 2. The molecule has 1 aliphatic carbocycles. The summed E-state index contributed by atoms with van der Waals surface area (Å²) in [5.74, 6) is 0.172. The lowest BCUT2D eigenvalue weighted by atomic mass is 10.2. The lowest BCUT2D eigenvalue weighted by Gasteiger charge is -2.16. The first-order valence-electron chi connectivity index (χ1n) is 9.15. The number of hydrogen-bond acceptors (Lipinski definition) is 6. The van der Waals surface area contributed by atoms with Gasteiger partial charge in [0.25, 0.3) is 5.91 Å². The van der Waals surface area contributed by atoms with Crippen LogP contribution in [0.4, 0.5) is 23.1 Å². The van der Waals surface area contributed by atoms with Crippen molar-refractivity contribution in [3.05, 3.63) is 36.0 Å². The van der Waals surface area contributed by atoms with E-state index >= 15 is 0 Å². The number of amides is 2. The van der Waals surface area contributed by atoms with E-state index in [-0.39, 0.29) is 11.5 Å². The lowest BCUT2D eigenvalue weighted by molar-refractivity contribution is -0.115. The summed E-state index contributed by atoms with van der Waals surface area (Å²) < 4.78 is 0. The van der Waals surface area contributed by atoms with E-state index in [9.17, 15) is 9.59 Å². The quantitative estimate of drug-likeness (QED) is 0.596. The molecule has 1 aromatic carbocycles. The Morgan fingerprint density at radius 3 is 2.67 bits per heavy atom. The molecule has 8 heteroatoms. The average molecular weight is 368 g/mol. The van der Waals surface area contributed by atoms with Crippen molar-refractivity contribution in [1.29, 1.82) is 0 Å². The predicted octanol–water partition coefficient (Wildman–Crippen LogP) is 3.02. The van der Waals surface area contributed by atoms with E-state index in [4.69, 9.17) is 5.73 Å². The highest BCUT2D eigenvalue weighted by Gasteiger charge is 2.19. The highest BCUT2D eigenvalue weighted by molar-refractivity contribution is 5.97. The Morgan fingerprint density at radius 2 is 1.96 bits per heavy atom. The van der Waals surface area contributed by atoms with Crippen LogP contribution in [0, 0.1) is 0 Å². The Bertz CT molecular complexity index is 833. The molecule has 1 aliphatic rings. The van der Waals surface area contributed by atoms with Crippen molar-refractivity contribution in [2.24, 2.45) is 5.73 Å². The van der Waals surface area contributed by atoms with Crippen molar-refractivity contribution < 1.29 is 9.59 Å². The van der Waals surface area contributed by atoms with Gasteiger partial charge in [-0.3, -0.25) is 9.59 Å². The van der Waals surface area contributed by atoms with E-state index in [1.54, 1.807) is 13.0 Å². The third-order valence-corrected chi connectivity index (χ3v) is 4.47. The standard InChI is InChI=1S/C19H24N6O2/c1-2-16(26)22-13-8-5-9-14(10-13)24-19-21-11-15(17(20)27)18(25-19)23-12-6-3-4-7-12/h5,8-12H,2-4,6-7H2,1H3,(H2,20,27)(H,22,26)(H2,21,23,24,25). The molecule has 0 aliphatic heterocycles. The number of carbonyl (C=O) groups is 2. The molecule has 1 saturated carbocycles. The van der Waals surface area contributed by atoms with Gasteiger partial charge in [-0.2, -0.15) is 4.98 Å². The number of nitrogens with two attached hydrogens (primary N) is 1. The zero-order valence-electron chi connectivity index (χ0n) is 15.3. The first-order chi connectivity index (χ1) is 13.0. The molecule has 1 aromatic heterocycles. The zero-order chi connectivity index (χ0) is 19.2. The molecule has 0 unspecified atom stereocenters. The first kappa shape index (κ1) is 18.6. The average Bonchev–Trinajstić information content (AvgIpc) is 3.15. The number of benzene rings is 1. The fraction of sp³-hybridized carbons (Fsp3) is 0.368. The Kier molecular flexibility index (Phi) is 5.85. The van der Waals surface area contributed by atoms with Gasteiger partial charge in [0.2, 0.25) is 11.9 Å². The Balaban J connectivity index is 1.79. The summed E-state index contributed by atoms with van der Waals surface area (Å²) in [6.45, 7) is 1.80. The maximum Gasteiger partial charge on any atom is 0.254 e. The summed E-state index contributed by atoms with van der Waals surface area (Å²) in [7, 11) is 0. The largest absolute Gasteiger partial charge is 0.367 e. The fourth-order valence-corrected chi connectivity index (χ4v) is 3.05. The molecular formula is C19H24N6O2. The van der Waals surface area contributed by atoms with E-state index in [2.05, 4.69) is 25.9 Å². The Morgan fingerprint density at radius 1 is 1.22 bits per heavy atom. The summed E-state index contributed by atoms with van der Waals surface area (Å²) in [5, 5.41) is 9.22. The molecule has 5 N–H and O–H groups in total. The third-order valence-electron chi connectivity index (χ3n) is 4.47. The van der Waals surface area contributed by atoms with E-state index in [1.807, 2.05) is 18.2 Å². The van der Waals surface area contributed by atoms with Crippen LogP contribution in [0.25, 0.3) is 0 Å². The number of nitrogens with one attached hydrogen (secondary N) is 3. The number of aromatic nitrogens is 2. The van der Waals surface area contributed by atoms with Gasteiger partial charge in [-0.1, -0.05) is 25.8 Å². The van der Waals surface area contributed by atoms with Crippen LogP contribution in [0.5, 0.6) is 0 Å². The van der Waals surface area contributed by atoms with Gasteiger partial charge in [-0.15, -0.1) is 0 Å². The van der Waals surface area contributed by atoms with Gasteiger partial charge >= 0.3 is 0 Å². The molecule has 0 bridgehead atoms. The molecule has 3 rings (SSSR count). The monoisotopic (exact) mass is 368 g/mol. The van der Waals surface area contributed by atoms with Crippen molar-refractivity contribution in [2.45, 2.75) is 45.1 Å². The molecule has 27 heavy (non-hydrogen) atoms. The second-order valence-electron chi connectivity index (χ2n) is 6.55. The summed E-state index contributed by atoms with van der Waals surface area (Å²) in [5.41, 5.74) is 7.14. The van der Waals surface area contributed by atoms with Crippen LogP contribution in [0.3, 0.4) is 0 Å². The Hall–Kier alpha value is -3.16. The van der Waals surface area contributed by atoms with Gasteiger partial charge in [0.15, 0.2) is 0 Å². The van der Waals surface area contributed by atoms with Gasteiger partial charge in [0.05, 0.1) is 5.56 Å². The lowest BCUT2D eigenvalue weighted by Crippen LogP contribution is -2.21. The van der Waals surface area contributed by atoms with Crippen LogP contribution < -0.4 is 21.7 Å². The highest BCUT2D eigenvalue weighted by atomic mass is 16.1. The summed E-state index contributed by atoms with van der Waals surface area (Å²) in [6.07, 6.45) is 6.25. The highest BCUT2D eigenvalue weighted by Crippen LogP contribution is 2.25. The fourth-order valence-electron chi connectivity index (χ4n) is 3.05. The van der Waals surface area contributed by atoms with Gasteiger partial charge in [0, 0.05) is 30.0 Å². The minimum absolute atomic E-state index is 0.0581. The third kappa shape index (κ3) is 4.93. The molecule has 2 amide bonds. The maximum absolute atomic E-state index is 11.7. The molecule has 8 nitrogen and oxygen atoms in total. The second-order valence-corrected chi connectivity index (χ2v) is 6.55. The summed E-state index contributed by atoms with van der Waals surface area (Å²) >= 11 is 0. The van der Waals surface area contributed by atoms with Crippen LogP contribution in [0.15, 0.2) is 30.5 Å². The van der Waals surface area contributed by atoms with Crippen LogP contribution in [0.2, 0.25) is 0 Å². The number of rotatable bonds is 7. The smallest absolute Gasteiger partial charge is 0.254 e. The predicted molar refractivity (Wildman–Crippen MR) is 105 cm³/mol. The molecule has 142 valence electrons. The molecular weight excluding hydrogens is 344 g/mol. The second kappa shape index (κ2) is 8.48. The summed E-state index contributed by atoms with van der Waals surface area (Å²) in [4.78, 5) is 31.9. The van der Waals surface area contributed by atoms with Crippen molar-refractivity contribution >= 4 is 35.0 Å². The number of hydrogen-bond donors (Lipinski definition) is 4. The molecule has 0 spiro atoms. The van der Waals surface area contributed by atoms with Crippen LogP contribution >= 0.6 is 0 Å². The minimum Gasteiger partial charge on any atom is -0.367 e. The number of anilines is 4. The molecule has 1 fully saturated rings. The van der Waals surface area contributed by atoms with E-state index in [0.717, 1.165) is 31.4 Å². The number of nitrogens with zero attached hydrogens (tertiary/aromatic N) is 2. The summed E-state index contributed by atoms with van der Waals surface area (Å²) in [6, 6.07) is 7.56. The molecule has 0 radical (unpaired) electrons. The van der Waals surface area contributed by atoms with Gasteiger partial charge < -0.3 is 21.7 Å². The van der Waals surface area contributed by atoms with Gasteiger partial charge in [0.1, 0.15) is 5.82 Å². The van der Waals surface area contributed by atoms with E-state index in [1.165, 1.54) is 6.20 Å². The Labute approximate surface area is 158 Å².